The molecule has 0 aromatic rings. The van der Waals surface area contributed by atoms with E-state index in [0.717, 1.165) is 51.4 Å². The summed E-state index contributed by atoms with van der Waals surface area (Å²) in [6.07, 6.45) is 24.4. The quantitative estimate of drug-likeness (QED) is 0.0450. The van der Waals surface area contributed by atoms with Gasteiger partial charge in [-0.25, -0.2) is 0 Å². The first kappa shape index (κ1) is 39.6. The molecule has 0 saturated carbocycles. The van der Waals surface area contributed by atoms with Gasteiger partial charge in [0.05, 0.1) is 18.8 Å². The van der Waals surface area contributed by atoms with Gasteiger partial charge in [-0.15, -0.1) is 0 Å². The van der Waals surface area contributed by atoms with Crippen LogP contribution in [0.3, 0.4) is 0 Å². The van der Waals surface area contributed by atoms with Gasteiger partial charge in [0.2, 0.25) is 0 Å². The third-order valence-corrected chi connectivity index (χ3v) is 7.51. The summed E-state index contributed by atoms with van der Waals surface area (Å²) >= 11 is 0. The lowest BCUT2D eigenvalue weighted by Crippen LogP contribution is -2.28. The normalized spacial score (nSPS) is 13.8. The van der Waals surface area contributed by atoms with Crippen LogP contribution in [0.5, 0.6) is 0 Å². The van der Waals surface area contributed by atoms with Crippen molar-refractivity contribution in [3.05, 3.63) is 12.2 Å². The highest BCUT2D eigenvalue weighted by atomic mass is 16.6. The molecule has 41 heavy (non-hydrogen) atoms. The van der Waals surface area contributed by atoms with Crippen molar-refractivity contribution in [3.63, 3.8) is 0 Å². The summed E-state index contributed by atoms with van der Waals surface area (Å²) in [5.41, 5.74) is 0. The number of hydrogen-bond acceptors (Lipinski definition) is 7. The molecule has 0 heterocycles. The Hall–Kier alpha value is -1.44. The van der Waals surface area contributed by atoms with E-state index in [2.05, 4.69) is 19.9 Å². The lowest BCUT2D eigenvalue weighted by atomic mass is 10.0. The molecule has 0 amide bonds. The van der Waals surface area contributed by atoms with Crippen LogP contribution in [0.1, 0.15) is 162 Å². The fraction of sp³-hybridized carbons (Fsp3) is 0.882. The van der Waals surface area contributed by atoms with Crippen molar-refractivity contribution < 1.29 is 34.4 Å². The predicted molar refractivity (Wildman–Crippen MR) is 167 cm³/mol. The minimum absolute atomic E-state index is 0.118. The molecule has 3 atom stereocenters. The van der Waals surface area contributed by atoms with E-state index in [4.69, 9.17) is 9.47 Å². The van der Waals surface area contributed by atoms with Gasteiger partial charge in [0.1, 0.15) is 6.61 Å². The van der Waals surface area contributed by atoms with Crippen LogP contribution in [0.4, 0.5) is 0 Å². The monoisotopic (exact) mass is 584 g/mol. The molecule has 0 rings (SSSR count). The molecule has 0 unspecified atom stereocenters. The maximum atomic E-state index is 12.1. The topological polar surface area (TPSA) is 113 Å². The zero-order valence-electron chi connectivity index (χ0n) is 26.5. The number of aliphatic hydroxyl groups excluding tert-OH is 3. The molecule has 3 N–H and O–H groups in total. The summed E-state index contributed by atoms with van der Waals surface area (Å²) in [6, 6.07) is 0. The van der Waals surface area contributed by atoms with Gasteiger partial charge < -0.3 is 24.8 Å². The largest absolute Gasteiger partial charge is 0.462 e. The molecule has 7 nitrogen and oxygen atoms in total. The van der Waals surface area contributed by atoms with Gasteiger partial charge in [-0.1, -0.05) is 122 Å². The van der Waals surface area contributed by atoms with Crippen LogP contribution in [-0.2, 0) is 19.1 Å². The van der Waals surface area contributed by atoms with Crippen LogP contribution >= 0.6 is 0 Å². The van der Waals surface area contributed by atoms with Gasteiger partial charge in [-0.05, 0) is 38.5 Å². The first-order valence-electron chi connectivity index (χ1n) is 16.9. The summed E-state index contributed by atoms with van der Waals surface area (Å²) in [6.45, 7) is 3.92. The third kappa shape index (κ3) is 27.2. The van der Waals surface area contributed by atoms with Crippen LogP contribution < -0.4 is 0 Å². The molecule has 0 spiro atoms. The molecule has 0 aliphatic carbocycles. The highest BCUT2D eigenvalue weighted by Gasteiger charge is 2.16. The number of allylic oxidation sites excluding steroid dienone is 1. The van der Waals surface area contributed by atoms with E-state index in [1.165, 1.54) is 64.2 Å². The lowest BCUT2D eigenvalue weighted by Gasteiger charge is -2.16. The van der Waals surface area contributed by atoms with E-state index in [1.54, 1.807) is 0 Å². The maximum Gasteiger partial charge on any atom is 0.306 e. The number of rotatable bonds is 30. The molecule has 7 heteroatoms. The Morgan fingerprint density at radius 2 is 1.15 bits per heavy atom. The van der Waals surface area contributed by atoms with Crippen molar-refractivity contribution in [2.45, 2.75) is 180 Å². The second kappa shape index (κ2) is 30.0. The first-order valence-corrected chi connectivity index (χ1v) is 16.9. The average molecular weight is 585 g/mol. The van der Waals surface area contributed by atoms with E-state index < -0.39 is 18.3 Å². The van der Waals surface area contributed by atoms with Gasteiger partial charge in [0.25, 0.3) is 0 Å². The summed E-state index contributed by atoms with van der Waals surface area (Å²) in [5, 5.41) is 29.7. The van der Waals surface area contributed by atoms with Crippen LogP contribution in [0.15, 0.2) is 12.2 Å². The number of carbonyl (C=O) groups excluding carboxylic acids is 2. The average Bonchev–Trinajstić information content (AvgIpc) is 2.97. The molecule has 0 bridgehead atoms. The molecule has 0 saturated heterocycles. The summed E-state index contributed by atoms with van der Waals surface area (Å²) in [4.78, 5) is 24.1. The minimum atomic E-state index is -0.812. The van der Waals surface area contributed by atoms with Crippen LogP contribution in [0.2, 0.25) is 0 Å². The molecule has 242 valence electrons. The Morgan fingerprint density at radius 3 is 1.73 bits per heavy atom. The number of carbonyl (C=O) groups is 2. The third-order valence-electron chi connectivity index (χ3n) is 7.51. The van der Waals surface area contributed by atoms with Crippen LogP contribution in [0, 0.1) is 0 Å². The van der Waals surface area contributed by atoms with Crippen molar-refractivity contribution in [3.8, 4) is 0 Å². The van der Waals surface area contributed by atoms with Gasteiger partial charge in [-0.2, -0.15) is 0 Å². The van der Waals surface area contributed by atoms with Crippen LogP contribution in [0.25, 0.3) is 0 Å². The summed E-state index contributed by atoms with van der Waals surface area (Å²) < 4.78 is 10.5. The van der Waals surface area contributed by atoms with Gasteiger partial charge in [0.15, 0.2) is 6.10 Å². The van der Waals surface area contributed by atoms with E-state index in [0.29, 0.717) is 25.7 Å². The van der Waals surface area contributed by atoms with Crippen molar-refractivity contribution in [2.24, 2.45) is 0 Å². The standard InChI is InChI=1S/C34H64O7/c1-3-5-7-9-11-12-13-14-18-23-27-34(39)41-30(28-35)29-40-33(38)26-22-19-15-17-21-25-32(37)31(36)24-20-16-10-8-6-4-2/h16,20,30-32,35-37H,3-15,17-19,21-29H2,1-2H3/b20-16-/t30-,31+,32+/m0/s1. The summed E-state index contributed by atoms with van der Waals surface area (Å²) in [5.74, 6) is -0.702. The van der Waals surface area contributed by atoms with Crippen molar-refractivity contribution in [1.29, 1.82) is 0 Å². The molecule has 0 radical (unpaired) electrons. The van der Waals surface area contributed by atoms with Crippen molar-refractivity contribution in [1.82, 2.24) is 0 Å². The molecule has 0 aliphatic rings. The maximum absolute atomic E-state index is 12.1. The number of hydrogen-bond donors (Lipinski definition) is 3. The number of esters is 2. The zero-order valence-corrected chi connectivity index (χ0v) is 26.5. The lowest BCUT2D eigenvalue weighted by molar-refractivity contribution is -0.161. The van der Waals surface area contributed by atoms with E-state index in [1.807, 2.05) is 6.08 Å². The Labute approximate surface area is 251 Å². The number of unbranched alkanes of at least 4 members (excludes halogenated alkanes) is 16. The first-order chi connectivity index (χ1) is 19.9. The smallest absolute Gasteiger partial charge is 0.306 e. The molecular formula is C34H64O7. The summed E-state index contributed by atoms with van der Waals surface area (Å²) in [7, 11) is 0. The van der Waals surface area contributed by atoms with Gasteiger partial charge in [-0.3, -0.25) is 9.59 Å². The molecular weight excluding hydrogens is 520 g/mol. The second-order valence-electron chi connectivity index (χ2n) is 11.6. The Morgan fingerprint density at radius 1 is 0.634 bits per heavy atom. The highest BCUT2D eigenvalue weighted by molar-refractivity contribution is 5.70. The van der Waals surface area contributed by atoms with E-state index >= 15 is 0 Å². The minimum Gasteiger partial charge on any atom is -0.462 e. The Bertz CT molecular complexity index is 622. The second-order valence-corrected chi connectivity index (χ2v) is 11.6. The fourth-order valence-electron chi connectivity index (χ4n) is 4.75. The van der Waals surface area contributed by atoms with E-state index in [9.17, 15) is 24.9 Å². The Kier molecular flexibility index (Phi) is 29.0. The fourth-order valence-corrected chi connectivity index (χ4v) is 4.75. The van der Waals surface area contributed by atoms with Crippen molar-refractivity contribution >= 4 is 11.9 Å². The molecule has 0 fully saturated rings. The molecule has 0 aliphatic heterocycles. The molecule has 0 aromatic heterocycles. The van der Waals surface area contributed by atoms with Gasteiger partial charge >= 0.3 is 11.9 Å². The predicted octanol–water partition coefficient (Wildman–Crippen LogP) is 7.72. The zero-order chi connectivity index (χ0) is 30.4. The Balaban J connectivity index is 3.72. The SMILES string of the molecule is CCCCC/C=C\C[C@@H](O)[C@H](O)CCCCCCCC(=O)OC[C@H](CO)OC(=O)CCCCCCCCCCCC. The highest BCUT2D eigenvalue weighted by Crippen LogP contribution is 2.14. The number of aliphatic hydroxyl groups is 3. The number of ether oxygens (including phenoxy) is 2. The van der Waals surface area contributed by atoms with Crippen molar-refractivity contribution in [2.75, 3.05) is 13.2 Å². The van der Waals surface area contributed by atoms with Crippen LogP contribution in [-0.4, -0.2) is 58.8 Å². The molecule has 0 aromatic carbocycles. The van der Waals surface area contributed by atoms with E-state index in [-0.39, 0.29) is 31.6 Å². The van der Waals surface area contributed by atoms with Gasteiger partial charge in [0, 0.05) is 12.8 Å².